The maximum Gasteiger partial charge on any atom is 0.291 e. The molecule has 29 heavy (non-hydrogen) atoms. The Bertz CT molecular complexity index is 1100. The first kappa shape index (κ1) is 20.9. The number of aromatic nitrogens is 2. The molecule has 0 unspecified atom stereocenters. The zero-order valence-electron chi connectivity index (χ0n) is 16.4. The number of nitrogens with one attached hydrogen (secondary N) is 2. The molecule has 2 N–H and O–H groups in total. The van der Waals surface area contributed by atoms with Crippen molar-refractivity contribution >= 4 is 38.1 Å². The van der Waals surface area contributed by atoms with E-state index in [1.807, 2.05) is 51.1 Å². The van der Waals surface area contributed by atoms with Gasteiger partial charge in [-0.3, -0.25) is 14.8 Å². The largest absolute Gasteiger partial charge is 0.296 e. The molecule has 3 aromatic rings. The highest BCUT2D eigenvalue weighted by molar-refractivity contribution is 7.94. The van der Waals surface area contributed by atoms with Gasteiger partial charge in [0.15, 0.2) is 0 Å². The average molecular weight is 431 g/mol. The Hall–Kier alpha value is -2.78. The summed E-state index contributed by atoms with van der Waals surface area (Å²) in [6.07, 6.45) is 1.39. The normalized spacial score (nSPS) is 11.3. The number of amides is 1. The van der Waals surface area contributed by atoms with E-state index >= 15 is 0 Å². The van der Waals surface area contributed by atoms with Gasteiger partial charge in [0.05, 0.1) is 5.69 Å². The zero-order chi connectivity index (χ0) is 21.0. The number of nitrogens with zero attached hydrogens (tertiary/aromatic N) is 2. The standard InChI is InChI=1S/C20H22N4O3S2/c1-4-14-7-6-8-15(5-2)17(14)24-29(26,27)20-23-22-19(28-20)21-18(25)16-11-9-13(3)10-12-16/h6-12,24H,4-5H2,1-3H3,(H,21,22,25). The second kappa shape index (κ2) is 8.71. The summed E-state index contributed by atoms with van der Waals surface area (Å²) in [5.41, 5.74) is 3.89. The Labute approximate surface area is 174 Å². The summed E-state index contributed by atoms with van der Waals surface area (Å²) in [5.74, 6) is -0.373. The van der Waals surface area contributed by atoms with Crippen molar-refractivity contribution in [3.8, 4) is 0 Å². The van der Waals surface area contributed by atoms with Gasteiger partial charge < -0.3 is 0 Å². The van der Waals surface area contributed by atoms with Crippen molar-refractivity contribution in [2.75, 3.05) is 10.0 Å². The van der Waals surface area contributed by atoms with Crippen molar-refractivity contribution in [2.24, 2.45) is 0 Å². The van der Waals surface area contributed by atoms with E-state index in [9.17, 15) is 13.2 Å². The number of aryl methyl sites for hydroxylation is 3. The Morgan fingerprint density at radius 3 is 2.21 bits per heavy atom. The Balaban J connectivity index is 1.81. The van der Waals surface area contributed by atoms with Gasteiger partial charge in [0.25, 0.3) is 20.3 Å². The first-order chi connectivity index (χ1) is 13.8. The van der Waals surface area contributed by atoms with Crippen molar-refractivity contribution in [2.45, 2.75) is 38.0 Å². The number of rotatable bonds is 7. The van der Waals surface area contributed by atoms with Crippen LogP contribution in [0.2, 0.25) is 0 Å². The Kier molecular flexibility index (Phi) is 6.29. The third-order valence-electron chi connectivity index (χ3n) is 4.41. The fourth-order valence-electron chi connectivity index (χ4n) is 2.79. The number of carbonyl (C=O) groups is 1. The van der Waals surface area contributed by atoms with Gasteiger partial charge in [-0.1, -0.05) is 61.1 Å². The van der Waals surface area contributed by atoms with E-state index in [-0.39, 0.29) is 15.4 Å². The van der Waals surface area contributed by atoms with Crippen molar-refractivity contribution in [3.63, 3.8) is 0 Å². The molecule has 0 saturated heterocycles. The first-order valence-electron chi connectivity index (χ1n) is 9.19. The maximum absolute atomic E-state index is 12.8. The van der Waals surface area contributed by atoms with Crippen LogP contribution in [0.4, 0.5) is 10.8 Å². The van der Waals surface area contributed by atoms with Crippen LogP contribution >= 0.6 is 11.3 Å². The summed E-state index contributed by atoms with van der Waals surface area (Å²) in [4.78, 5) is 12.3. The smallest absolute Gasteiger partial charge is 0.291 e. The third kappa shape index (κ3) is 4.80. The molecule has 7 nitrogen and oxygen atoms in total. The SMILES string of the molecule is CCc1cccc(CC)c1NS(=O)(=O)c1nnc(NC(=O)c2ccc(C)cc2)s1. The number of sulfonamides is 1. The van der Waals surface area contributed by atoms with Crippen LogP contribution in [0.1, 0.15) is 40.9 Å². The van der Waals surface area contributed by atoms with Crippen LogP contribution in [0.15, 0.2) is 46.8 Å². The van der Waals surface area contributed by atoms with Crippen molar-refractivity contribution in [1.29, 1.82) is 0 Å². The fraction of sp³-hybridized carbons (Fsp3) is 0.250. The second-order valence-corrected chi connectivity index (χ2v) is 9.29. The minimum absolute atomic E-state index is 0.121. The molecule has 0 aliphatic rings. The molecule has 1 amide bonds. The lowest BCUT2D eigenvalue weighted by Gasteiger charge is -2.14. The lowest BCUT2D eigenvalue weighted by atomic mass is 10.0. The van der Waals surface area contributed by atoms with Gasteiger partial charge in [-0.15, -0.1) is 10.2 Å². The number of hydrogen-bond acceptors (Lipinski definition) is 6. The minimum Gasteiger partial charge on any atom is -0.296 e. The molecule has 0 atom stereocenters. The zero-order valence-corrected chi connectivity index (χ0v) is 18.0. The van der Waals surface area contributed by atoms with E-state index in [1.54, 1.807) is 12.1 Å². The number of anilines is 2. The van der Waals surface area contributed by atoms with Gasteiger partial charge in [-0.2, -0.15) is 8.42 Å². The molecule has 9 heteroatoms. The highest BCUT2D eigenvalue weighted by Gasteiger charge is 2.23. The number of hydrogen-bond donors (Lipinski definition) is 2. The molecule has 1 aromatic heterocycles. The maximum atomic E-state index is 12.8. The van der Waals surface area contributed by atoms with Crippen molar-refractivity contribution < 1.29 is 13.2 Å². The average Bonchev–Trinajstić information content (AvgIpc) is 3.18. The van der Waals surface area contributed by atoms with E-state index < -0.39 is 10.0 Å². The van der Waals surface area contributed by atoms with E-state index in [2.05, 4.69) is 20.2 Å². The van der Waals surface area contributed by atoms with Crippen LogP contribution in [-0.4, -0.2) is 24.5 Å². The predicted octanol–water partition coefficient (Wildman–Crippen LogP) is 4.02. The molecular weight excluding hydrogens is 408 g/mol. The topological polar surface area (TPSA) is 101 Å². The number of carbonyl (C=O) groups excluding carboxylic acids is 1. The molecular formula is C20H22N4O3S2. The number of para-hydroxylation sites is 1. The molecule has 0 fully saturated rings. The van der Waals surface area contributed by atoms with Gasteiger partial charge in [0, 0.05) is 5.56 Å². The van der Waals surface area contributed by atoms with Gasteiger partial charge in [0.1, 0.15) is 0 Å². The van der Waals surface area contributed by atoms with Crippen LogP contribution in [0.5, 0.6) is 0 Å². The van der Waals surface area contributed by atoms with Gasteiger partial charge >= 0.3 is 0 Å². The lowest BCUT2D eigenvalue weighted by molar-refractivity contribution is 0.102. The van der Waals surface area contributed by atoms with Crippen molar-refractivity contribution in [1.82, 2.24) is 10.2 Å². The molecule has 0 saturated carbocycles. The monoisotopic (exact) mass is 430 g/mol. The van der Waals surface area contributed by atoms with Crippen LogP contribution in [-0.2, 0) is 22.9 Å². The number of benzene rings is 2. The summed E-state index contributed by atoms with van der Waals surface area (Å²) >= 11 is 0.808. The molecule has 3 rings (SSSR count). The first-order valence-corrected chi connectivity index (χ1v) is 11.5. The minimum atomic E-state index is -3.92. The van der Waals surface area contributed by atoms with Crippen LogP contribution in [0.3, 0.4) is 0 Å². The summed E-state index contributed by atoms with van der Waals surface area (Å²) in [6, 6.07) is 12.7. The Morgan fingerprint density at radius 1 is 1.00 bits per heavy atom. The molecule has 152 valence electrons. The molecule has 0 spiro atoms. The van der Waals surface area contributed by atoms with Crippen LogP contribution in [0, 0.1) is 6.92 Å². The molecule has 0 radical (unpaired) electrons. The highest BCUT2D eigenvalue weighted by atomic mass is 32.2. The quantitative estimate of drug-likeness (QED) is 0.551. The van der Waals surface area contributed by atoms with E-state index in [0.29, 0.717) is 24.1 Å². The molecule has 0 bridgehead atoms. The van der Waals surface area contributed by atoms with Crippen LogP contribution in [0.25, 0.3) is 0 Å². The van der Waals surface area contributed by atoms with Crippen molar-refractivity contribution in [3.05, 3.63) is 64.7 Å². The van der Waals surface area contributed by atoms with Gasteiger partial charge in [0.2, 0.25) is 5.13 Å². The van der Waals surface area contributed by atoms with E-state index in [1.165, 1.54) is 0 Å². The summed E-state index contributed by atoms with van der Waals surface area (Å²) in [5, 5.41) is 10.3. The van der Waals surface area contributed by atoms with Gasteiger partial charge in [-0.25, -0.2) is 0 Å². The third-order valence-corrected chi connectivity index (χ3v) is 6.96. The molecule has 1 heterocycles. The predicted molar refractivity (Wildman–Crippen MR) is 115 cm³/mol. The summed E-state index contributed by atoms with van der Waals surface area (Å²) < 4.78 is 28.1. The molecule has 2 aromatic carbocycles. The van der Waals surface area contributed by atoms with E-state index in [0.717, 1.165) is 28.0 Å². The van der Waals surface area contributed by atoms with Gasteiger partial charge in [-0.05, 0) is 43.0 Å². The summed E-state index contributed by atoms with van der Waals surface area (Å²) in [7, 11) is -3.92. The molecule has 0 aliphatic heterocycles. The van der Waals surface area contributed by atoms with Crippen LogP contribution < -0.4 is 10.0 Å². The lowest BCUT2D eigenvalue weighted by Crippen LogP contribution is -2.15. The van der Waals surface area contributed by atoms with E-state index in [4.69, 9.17) is 0 Å². The summed E-state index contributed by atoms with van der Waals surface area (Å²) in [6.45, 7) is 5.86. The Morgan fingerprint density at radius 2 is 1.62 bits per heavy atom. The second-order valence-electron chi connectivity index (χ2n) is 6.46. The fourth-order valence-corrected chi connectivity index (χ4v) is 4.83. The highest BCUT2D eigenvalue weighted by Crippen LogP contribution is 2.28. The molecule has 0 aliphatic carbocycles.